The fourth-order valence-corrected chi connectivity index (χ4v) is 5.08. The Morgan fingerprint density at radius 1 is 0.788 bits per heavy atom. The molecule has 0 fully saturated rings. The van der Waals surface area contributed by atoms with E-state index < -0.39 is 5.97 Å². The van der Waals surface area contributed by atoms with Crippen LogP contribution in [-0.2, 0) is 18.6 Å². The summed E-state index contributed by atoms with van der Waals surface area (Å²) in [5.74, 6) is 0.447. The van der Waals surface area contributed by atoms with E-state index in [-0.39, 0.29) is 5.56 Å². The van der Waals surface area contributed by atoms with E-state index in [0.717, 1.165) is 17.7 Å². The Kier molecular flexibility index (Phi) is 10.4. The van der Waals surface area contributed by atoms with Crippen molar-refractivity contribution in [1.29, 1.82) is 0 Å². The number of aryl methyl sites for hydroxylation is 2. The maximum Gasteiger partial charge on any atom is 0.335 e. The number of hydrogen-bond acceptors (Lipinski definition) is 3. The molecule has 0 bridgehead atoms. The number of ether oxygens (including phenoxy) is 1. The Bertz CT molecular complexity index is 1000. The lowest BCUT2D eigenvalue weighted by Gasteiger charge is -2.12. The standard InChI is InChI=1S/C29H34O3S/c1-32-27-21-25(29(30)31)19-20-26(27)22-33-28-18-12-11-17-24(28)16-10-5-3-2-4-7-13-23-14-8-6-9-15-23/h6,8-9,11-12,14-15,17-21H,2-5,7,10,13,16,22H2,1H3,(H,30,31). The molecule has 33 heavy (non-hydrogen) atoms. The molecule has 0 heterocycles. The molecule has 3 rings (SSSR count). The zero-order valence-corrected chi connectivity index (χ0v) is 20.3. The van der Waals surface area contributed by atoms with Crippen molar-refractivity contribution in [3.8, 4) is 5.75 Å². The summed E-state index contributed by atoms with van der Waals surface area (Å²) in [4.78, 5) is 12.5. The number of unbranched alkanes of at least 4 members (excludes halogenated alkanes) is 5. The minimum atomic E-state index is -0.936. The summed E-state index contributed by atoms with van der Waals surface area (Å²) >= 11 is 1.79. The van der Waals surface area contributed by atoms with Crippen LogP contribution in [0, 0.1) is 0 Å². The van der Waals surface area contributed by atoms with Gasteiger partial charge >= 0.3 is 5.97 Å². The molecule has 0 saturated carbocycles. The van der Waals surface area contributed by atoms with E-state index in [2.05, 4.69) is 54.6 Å². The van der Waals surface area contributed by atoms with E-state index in [1.807, 2.05) is 6.07 Å². The van der Waals surface area contributed by atoms with Crippen LogP contribution in [0.4, 0.5) is 0 Å². The average Bonchev–Trinajstić information content (AvgIpc) is 2.85. The minimum Gasteiger partial charge on any atom is -0.496 e. The van der Waals surface area contributed by atoms with Gasteiger partial charge in [-0.05, 0) is 55.0 Å². The number of carbonyl (C=O) groups is 1. The molecule has 3 aromatic carbocycles. The van der Waals surface area contributed by atoms with E-state index in [0.29, 0.717) is 5.75 Å². The van der Waals surface area contributed by atoms with Gasteiger partial charge in [0, 0.05) is 16.2 Å². The molecule has 0 aliphatic carbocycles. The van der Waals surface area contributed by atoms with Gasteiger partial charge in [0.25, 0.3) is 0 Å². The van der Waals surface area contributed by atoms with Crippen molar-refractivity contribution >= 4 is 17.7 Å². The lowest BCUT2D eigenvalue weighted by molar-refractivity contribution is 0.0696. The summed E-state index contributed by atoms with van der Waals surface area (Å²) in [6.07, 6.45) is 9.98. The van der Waals surface area contributed by atoms with Crippen molar-refractivity contribution in [3.63, 3.8) is 0 Å². The summed E-state index contributed by atoms with van der Waals surface area (Å²) in [6, 6.07) is 24.5. The first-order valence-electron chi connectivity index (χ1n) is 11.8. The summed E-state index contributed by atoms with van der Waals surface area (Å²) in [5.41, 5.74) is 4.11. The highest BCUT2D eigenvalue weighted by Crippen LogP contribution is 2.31. The van der Waals surface area contributed by atoms with Gasteiger partial charge in [-0.1, -0.05) is 80.3 Å². The van der Waals surface area contributed by atoms with Crippen molar-refractivity contribution in [2.24, 2.45) is 0 Å². The van der Waals surface area contributed by atoms with Crippen LogP contribution < -0.4 is 4.74 Å². The van der Waals surface area contributed by atoms with Gasteiger partial charge in [0.05, 0.1) is 12.7 Å². The van der Waals surface area contributed by atoms with E-state index in [4.69, 9.17) is 4.74 Å². The first-order chi connectivity index (χ1) is 16.2. The van der Waals surface area contributed by atoms with Crippen molar-refractivity contribution in [2.75, 3.05) is 7.11 Å². The second-order valence-corrected chi connectivity index (χ2v) is 9.35. The lowest BCUT2D eigenvalue weighted by atomic mass is 10.0. The highest BCUT2D eigenvalue weighted by Gasteiger charge is 2.10. The number of rotatable bonds is 14. The molecule has 1 N–H and O–H groups in total. The Balaban J connectivity index is 1.40. The number of hydrogen-bond donors (Lipinski definition) is 1. The second-order valence-electron chi connectivity index (χ2n) is 8.34. The number of carboxylic acids is 1. The number of aromatic carboxylic acids is 1. The second kappa shape index (κ2) is 13.7. The maximum atomic E-state index is 11.2. The number of thioether (sulfide) groups is 1. The van der Waals surface area contributed by atoms with Crippen LogP contribution in [0.25, 0.3) is 0 Å². The van der Waals surface area contributed by atoms with Gasteiger partial charge in [-0.2, -0.15) is 0 Å². The van der Waals surface area contributed by atoms with Gasteiger partial charge < -0.3 is 9.84 Å². The predicted molar refractivity (Wildman–Crippen MR) is 138 cm³/mol. The Hall–Kier alpha value is -2.72. The van der Waals surface area contributed by atoms with E-state index in [1.165, 1.54) is 61.0 Å². The Morgan fingerprint density at radius 2 is 1.45 bits per heavy atom. The topological polar surface area (TPSA) is 46.5 Å². The van der Waals surface area contributed by atoms with Crippen LogP contribution in [0.15, 0.2) is 77.7 Å². The smallest absolute Gasteiger partial charge is 0.335 e. The quantitative estimate of drug-likeness (QED) is 0.196. The fourth-order valence-electron chi connectivity index (χ4n) is 4.00. The average molecular weight is 463 g/mol. The normalized spacial score (nSPS) is 10.8. The van der Waals surface area contributed by atoms with Gasteiger partial charge in [-0.25, -0.2) is 4.79 Å². The zero-order valence-electron chi connectivity index (χ0n) is 19.5. The molecular weight excluding hydrogens is 428 g/mol. The third-order valence-corrected chi connectivity index (χ3v) is 7.06. The SMILES string of the molecule is COc1cc(C(=O)O)ccc1CSc1ccccc1CCCCCCCCc1ccccc1. The minimum absolute atomic E-state index is 0.251. The largest absolute Gasteiger partial charge is 0.496 e. The van der Waals surface area contributed by atoms with Gasteiger partial charge in [0.2, 0.25) is 0 Å². The summed E-state index contributed by atoms with van der Waals surface area (Å²) < 4.78 is 5.42. The molecular formula is C29H34O3S. The lowest BCUT2D eigenvalue weighted by Crippen LogP contribution is -1.99. The molecule has 0 aliphatic heterocycles. The van der Waals surface area contributed by atoms with Crippen LogP contribution in [0.1, 0.15) is 65.6 Å². The first kappa shape index (κ1) is 24.9. The van der Waals surface area contributed by atoms with E-state index in [9.17, 15) is 9.90 Å². The van der Waals surface area contributed by atoms with Crippen LogP contribution in [0.3, 0.4) is 0 Å². The molecule has 0 aromatic heterocycles. The van der Waals surface area contributed by atoms with Crippen molar-refractivity contribution in [2.45, 2.75) is 62.0 Å². The van der Waals surface area contributed by atoms with Crippen LogP contribution in [0.5, 0.6) is 5.75 Å². The molecule has 0 unspecified atom stereocenters. The number of benzene rings is 3. The number of carboxylic acid groups (broad SMARTS) is 1. The van der Waals surface area contributed by atoms with Crippen LogP contribution >= 0.6 is 11.8 Å². The molecule has 0 amide bonds. The molecule has 0 radical (unpaired) electrons. The van der Waals surface area contributed by atoms with Gasteiger partial charge in [0.15, 0.2) is 0 Å². The third-order valence-electron chi connectivity index (χ3n) is 5.89. The molecule has 0 atom stereocenters. The fraction of sp³-hybridized carbons (Fsp3) is 0.345. The molecule has 0 aliphatic rings. The summed E-state index contributed by atoms with van der Waals surface area (Å²) in [6.45, 7) is 0. The van der Waals surface area contributed by atoms with Gasteiger partial charge in [0.1, 0.15) is 5.75 Å². The monoisotopic (exact) mass is 462 g/mol. The van der Waals surface area contributed by atoms with E-state index >= 15 is 0 Å². The van der Waals surface area contributed by atoms with Crippen molar-refractivity contribution < 1.29 is 14.6 Å². The third kappa shape index (κ3) is 8.29. The maximum absolute atomic E-state index is 11.2. The van der Waals surface area contributed by atoms with E-state index in [1.54, 1.807) is 31.0 Å². The zero-order chi connectivity index (χ0) is 23.3. The van der Waals surface area contributed by atoms with Crippen molar-refractivity contribution in [1.82, 2.24) is 0 Å². The summed E-state index contributed by atoms with van der Waals surface area (Å²) in [5, 5.41) is 9.19. The first-order valence-corrected chi connectivity index (χ1v) is 12.8. The highest BCUT2D eigenvalue weighted by atomic mass is 32.2. The van der Waals surface area contributed by atoms with Crippen molar-refractivity contribution in [3.05, 3.63) is 95.1 Å². The molecule has 3 nitrogen and oxygen atoms in total. The summed E-state index contributed by atoms with van der Waals surface area (Å²) in [7, 11) is 1.59. The Morgan fingerprint density at radius 3 is 2.18 bits per heavy atom. The molecule has 3 aromatic rings. The van der Waals surface area contributed by atoms with Crippen LogP contribution in [-0.4, -0.2) is 18.2 Å². The molecule has 4 heteroatoms. The Labute approximate surface area is 202 Å². The van der Waals surface area contributed by atoms with Crippen LogP contribution in [0.2, 0.25) is 0 Å². The molecule has 174 valence electrons. The number of methoxy groups -OCH3 is 1. The highest BCUT2D eigenvalue weighted by molar-refractivity contribution is 7.98. The molecule has 0 spiro atoms. The predicted octanol–water partition coefficient (Wildman–Crippen LogP) is 7.81. The van der Waals surface area contributed by atoms with Gasteiger partial charge in [-0.3, -0.25) is 0 Å². The van der Waals surface area contributed by atoms with Gasteiger partial charge in [-0.15, -0.1) is 11.8 Å². The molecule has 0 saturated heterocycles.